The van der Waals surface area contributed by atoms with E-state index in [1.165, 1.54) is 0 Å². The van der Waals surface area contributed by atoms with Gasteiger partial charge >= 0.3 is 0 Å². The second kappa shape index (κ2) is 5.29. The van der Waals surface area contributed by atoms with E-state index in [1.54, 1.807) is 25.3 Å². The Balaban J connectivity index is 2.16. The zero-order valence-corrected chi connectivity index (χ0v) is 11.0. The first-order valence-corrected chi connectivity index (χ1v) is 6.38. The molecule has 0 saturated carbocycles. The molecule has 1 aliphatic rings. The van der Waals surface area contributed by atoms with Crippen molar-refractivity contribution in [2.45, 2.75) is 19.8 Å². The highest BCUT2D eigenvalue weighted by molar-refractivity contribution is 5.95. The molecule has 1 unspecified atom stereocenters. The molecular formula is C14H20N2O2. The fourth-order valence-corrected chi connectivity index (χ4v) is 2.40. The average Bonchev–Trinajstić information content (AvgIpc) is 2.85. The van der Waals surface area contributed by atoms with E-state index in [0.717, 1.165) is 25.9 Å². The van der Waals surface area contributed by atoms with Crippen molar-refractivity contribution in [3.8, 4) is 5.75 Å². The first-order chi connectivity index (χ1) is 8.63. The largest absolute Gasteiger partial charge is 0.497 e. The first kappa shape index (κ1) is 12.7. The van der Waals surface area contributed by atoms with E-state index in [-0.39, 0.29) is 5.91 Å². The van der Waals surface area contributed by atoms with Crippen LogP contribution in [0.1, 0.15) is 30.1 Å². The van der Waals surface area contributed by atoms with Gasteiger partial charge in [-0.25, -0.2) is 0 Å². The number of methoxy groups -OCH3 is 1. The number of nitrogens with zero attached hydrogens (tertiary/aromatic N) is 1. The Labute approximate surface area is 108 Å². The normalized spacial score (nSPS) is 19.0. The van der Waals surface area contributed by atoms with E-state index in [1.807, 2.05) is 4.90 Å². The quantitative estimate of drug-likeness (QED) is 0.834. The number of carbonyl (C=O) groups excluding carboxylic acids is 1. The van der Waals surface area contributed by atoms with Crippen LogP contribution in [0.3, 0.4) is 0 Å². The van der Waals surface area contributed by atoms with Gasteiger partial charge in [0, 0.05) is 30.4 Å². The van der Waals surface area contributed by atoms with Crippen molar-refractivity contribution in [2.24, 2.45) is 5.92 Å². The van der Waals surface area contributed by atoms with Crippen LogP contribution in [0.5, 0.6) is 5.75 Å². The van der Waals surface area contributed by atoms with Crippen LogP contribution in [0.25, 0.3) is 0 Å². The lowest BCUT2D eigenvalue weighted by Gasteiger charge is -2.17. The van der Waals surface area contributed by atoms with Crippen molar-refractivity contribution in [1.82, 2.24) is 4.90 Å². The molecule has 1 aromatic carbocycles. The minimum absolute atomic E-state index is 0.0524. The van der Waals surface area contributed by atoms with Gasteiger partial charge in [-0.1, -0.05) is 13.3 Å². The number of carbonyl (C=O) groups is 1. The molecule has 0 bridgehead atoms. The standard InChI is InChI=1S/C14H20N2O2/c1-3-10-4-5-16(9-10)14(17)11-6-12(15)8-13(7-11)18-2/h6-8,10H,3-5,9,15H2,1-2H3. The van der Waals surface area contributed by atoms with Crippen molar-refractivity contribution >= 4 is 11.6 Å². The van der Waals surface area contributed by atoms with Crippen LogP contribution in [0.2, 0.25) is 0 Å². The molecule has 1 aromatic rings. The van der Waals surface area contributed by atoms with Crippen LogP contribution in [-0.4, -0.2) is 31.0 Å². The van der Waals surface area contributed by atoms with Gasteiger partial charge < -0.3 is 15.4 Å². The van der Waals surface area contributed by atoms with Crippen molar-refractivity contribution in [1.29, 1.82) is 0 Å². The van der Waals surface area contributed by atoms with E-state index in [2.05, 4.69) is 6.92 Å². The summed E-state index contributed by atoms with van der Waals surface area (Å²) in [6.45, 7) is 3.86. The first-order valence-electron chi connectivity index (χ1n) is 6.38. The van der Waals surface area contributed by atoms with Crippen LogP contribution in [0, 0.1) is 5.92 Å². The van der Waals surface area contributed by atoms with Gasteiger partial charge in [-0.05, 0) is 24.5 Å². The van der Waals surface area contributed by atoms with Gasteiger partial charge in [-0.3, -0.25) is 4.79 Å². The third kappa shape index (κ3) is 2.58. The van der Waals surface area contributed by atoms with Gasteiger partial charge in [0.2, 0.25) is 0 Å². The van der Waals surface area contributed by atoms with Crippen molar-refractivity contribution in [3.63, 3.8) is 0 Å². The molecule has 1 aliphatic heterocycles. The molecule has 18 heavy (non-hydrogen) atoms. The molecule has 1 atom stereocenters. The third-order valence-corrected chi connectivity index (χ3v) is 3.56. The minimum atomic E-state index is 0.0524. The Hall–Kier alpha value is -1.71. The number of ether oxygens (including phenoxy) is 1. The Morgan fingerprint density at radius 2 is 2.28 bits per heavy atom. The molecule has 1 saturated heterocycles. The summed E-state index contributed by atoms with van der Waals surface area (Å²) >= 11 is 0. The maximum atomic E-state index is 12.3. The molecule has 1 fully saturated rings. The maximum absolute atomic E-state index is 12.3. The molecule has 98 valence electrons. The molecule has 2 N–H and O–H groups in total. The van der Waals surface area contributed by atoms with Crippen LogP contribution < -0.4 is 10.5 Å². The van der Waals surface area contributed by atoms with Gasteiger partial charge in [-0.15, -0.1) is 0 Å². The lowest BCUT2D eigenvalue weighted by molar-refractivity contribution is 0.0786. The lowest BCUT2D eigenvalue weighted by atomic mass is 10.1. The van der Waals surface area contributed by atoms with Gasteiger partial charge in [0.05, 0.1) is 7.11 Å². The number of likely N-dealkylation sites (tertiary alicyclic amines) is 1. The summed E-state index contributed by atoms with van der Waals surface area (Å²) in [5.41, 5.74) is 6.95. The Kier molecular flexibility index (Phi) is 3.75. The lowest BCUT2D eigenvalue weighted by Crippen LogP contribution is -2.28. The van der Waals surface area contributed by atoms with Crippen molar-refractivity contribution in [3.05, 3.63) is 23.8 Å². The Bertz CT molecular complexity index is 445. The number of amides is 1. The Morgan fingerprint density at radius 3 is 2.89 bits per heavy atom. The van der Waals surface area contributed by atoms with E-state index in [0.29, 0.717) is 22.9 Å². The van der Waals surface area contributed by atoms with Gasteiger partial charge in [0.15, 0.2) is 0 Å². The van der Waals surface area contributed by atoms with E-state index < -0.39 is 0 Å². The number of benzene rings is 1. The van der Waals surface area contributed by atoms with Crippen LogP contribution in [-0.2, 0) is 0 Å². The molecule has 4 nitrogen and oxygen atoms in total. The highest BCUT2D eigenvalue weighted by atomic mass is 16.5. The zero-order chi connectivity index (χ0) is 13.1. The van der Waals surface area contributed by atoms with Crippen LogP contribution >= 0.6 is 0 Å². The molecule has 0 spiro atoms. The molecule has 0 radical (unpaired) electrons. The number of nitrogens with two attached hydrogens (primary N) is 1. The van der Waals surface area contributed by atoms with Gasteiger partial charge in [-0.2, -0.15) is 0 Å². The molecular weight excluding hydrogens is 228 g/mol. The second-order valence-corrected chi connectivity index (χ2v) is 4.81. The monoisotopic (exact) mass is 248 g/mol. The second-order valence-electron chi connectivity index (χ2n) is 4.81. The number of rotatable bonds is 3. The van der Waals surface area contributed by atoms with E-state index >= 15 is 0 Å². The molecule has 0 aliphatic carbocycles. The summed E-state index contributed by atoms with van der Waals surface area (Å²) in [5.74, 6) is 1.32. The summed E-state index contributed by atoms with van der Waals surface area (Å²) in [6, 6.07) is 5.18. The summed E-state index contributed by atoms with van der Waals surface area (Å²) in [6.07, 6.45) is 2.23. The topological polar surface area (TPSA) is 55.6 Å². The summed E-state index contributed by atoms with van der Waals surface area (Å²) in [5, 5.41) is 0. The number of anilines is 1. The van der Waals surface area contributed by atoms with E-state index in [4.69, 9.17) is 10.5 Å². The molecule has 2 rings (SSSR count). The minimum Gasteiger partial charge on any atom is -0.497 e. The highest BCUT2D eigenvalue weighted by Gasteiger charge is 2.26. The van der Waals surface area contributed by atoms with Crippen LogP contribution in [0.4, 0.5) is 5.69 Å². The predicted octanol–water partition coefficient (Wildman–Crippen LogP) is 2.15. The maximum Gasteiger partial charge on any atom is 0.254 e. The Morgan fingerprint density at radius 1 is 1.50 bits per heavy atom. The number of nitrogen functional groups attached to an aromatic ring is 1. The SMILES string of the molecule is CCC1CCN(C(=O)c2cc(N)cc(OC)c2)C1. The fourth-order valence-electron chi connectivity index (χ4n) is 2.40. The van der Waals surface area contributed by atoms with Crippen molar-refractivity contribution < 1.29 is 9.53 Å². The van der Waals surface area contributed by atoms with Gasteiger partial charge in [0.25, 0.3) is 5.91 Å². The molecule has 1 heterocycles. The van der Waals surface area contributed by atoms with E-state index in [9.17, 15) is 4.79 Å². The predicted molar refractivity (Wildman–Crippen MR) is 71.7 cm³/mol. The van der Waals surface area contributed by atoms with Crippen molar-refractivity contribution in [2.75, 3.05) is 25.9 Å². The summed E-state index contributed by atoms with van der Waals surface area (Å²) in [7, 11) is 1.58. The summed E-state index contributed by atoms with van der Waals surface area (Å²) < 4.78 is 5.14. The molecule has 0 aromatic heterocycles. The molecule has 4 heteroatoms. The van der Waals surface area contributed by atoms with Crippen LogP contribution in [0.15, 0.2) is 18.2 Å². The third-order valence-electron chi connectivity index (χ3n) is 3.56. The number of hydrogen-bond donors (Lipinski definition) is 1. The number of hydrogen-bond acceptors (Lipinski definition) is 3. The summed E-state index contributed by atoms with van der Waals surface area (Å²) in [4.78, 5) is 14.2. The van der Waals surface area contributed by atoms with Gasteiger partial charge in [0.1, 0.15) is 5.75 Å². The zero-order valence-electron chi connectivity index (χ0n) is 11.0. The average molecular weight is 248 g/mol. The molecule has 1 amide bonds. The smallest absolute Gasteiger partial charge is 0.254 e. The highest BCUT2D eigenvalue weighted by Crippen LogP contribution is 2.24. The fraction of sp³-hybridized carbons (Fsp3) is 0.500.